The van der Waals surface area contributed by atoms with Gasteiger partial charge in [-0.05, 0) is 19.3 Å². The molecule has 22 heavy (non-hydrogen) atoms. The van der Waals surface area contributed by atoms with Crippen LogP contribution >= 0.6 is 0 Å². The van der Waals surface area contributed by atoms with E-state index in [0.717, 1.165) is 25.8 Å². The fraction of sp³-hybridized carbons (Fsp3) is 0.947. The minimum absolute atomic E-state index is 0.172. The number of rotatable bonds is 16. The standard InChI is InChI=1S/C19H39NO2/c1-4-7-9-11-12-13-14-16-19(21)20(17-6-3)22-18-15-10-8-5-2/h4-18H2,1-3H3. The molecule has 0 aromatic carbocycles. The van der Waals surface area contributed by atoms with Crippen molar-refractivity contribution in [3.05, 3.63) is 0 Å². The molecule has 0 atom stereocenters. The number of hydrogen-bond donors (Lipinski definition) is 0. The number of nitrogens with zero attached hydrogens (tertiary/aromatic N) is 1. The molecule has 3 heteroatoms. The van der Waals surface area contributed by atoms with Crippen LogP contribution in [0, 0.1) is 0 Å². The molecular formula is C19H39NO2. The lowest BCUT2D eigenvalue weighted by Gasteiger charge is -2.21. The van der Waals surface area contributed by atoms with Crippen molar-refractivity contribution in [3.8, 4) is 0 Å². The molecule has 0 saturated carbocycles. The van der Waals surface area contributed by atoms with E-state index in [1.807, 2.05) is 0 Å². The highest BCUT2D eigenvalue weighted by Crippen LogP contribution is 2.10. The van der Waals surface area contributed by atoms with E-state index in [9.17, 15) is 4.79 Å². The van der Waals surface area contributed by atoms with Gasteiger partial charge >= 0.3 is 0 Å². The summed E-state index contributed by atoms with van der Waals surface area (Å²) in [6, 6.07) is 0. The van der Waals surface area contributed by atoms with E-state index in [-0.39, 0.29) is 5.91 Å². The van der Waals surface area contributed by atoms with Crippen LogP contribution < -0.4 is 0 Å². The Bertz CT molecular complexity index is 244. The molecule has 0 saturated heterocycles. The van der Waals surface area contributed by atoms with Gasteiger partial charge in [-0.2, -0.15) is 0 Å². The molecule has 0 aliphatic rings. The molecule has 0 N–H and O–H groups in total. The van der Waals surface area contributed by atoms with Crippen molar-refractivity contribution in [2.45, 2.75) is 104 Å². The summed E-state index contributed by atoms with van der Waals surface area (Å²) in [7, 11) is 0. The molecule has 0 spiro atoms. The second-order valence-electron chi connectivity index (χ2n) is 6.26. The maximum absolute atomic E-state index is 12.2. The third kappa shape index (κ3) is 13.1. The van der Waals surface area contributed by atoms with Crippen molar-refractivity contribution < 1.29 is 9.63 Å². The molecule has 3 nitrogen and oxygen atoms in total. The summed E-state index contributed by atoms with van der Waals surface area (Å²) in [5.74, 6) is 0.172. The number of carbonyl (C=O) groups is 1. The van der Waals surface area contributed by atoms with Gasteiger partial charge in [0.15, 0.2) is 0 Å². The van der Waals surface area contributed by atoms with E-state index in [0.29, 0.717) is 13.0 Å². The first-order valence-corrected chi connectivity index (χ1v) is 9.69. The molecule has 1 amide bonds. The average Bonchev–Trinajstić information content (AvgIpc) is 2.52. The topological polar surface area (TPSA) is 29.5 Å². The Labute approximate surface area is 138 Å². The van der Waals surface area contributed by atoms with Gasteiger partial charge < -0.3 is 0 Å². The van der Waals surface area contributed by atoms with Gasteiger partial charge in [-0.25, -0.2) is 5.06 Å². The largest absolute Gasteiger partial charge is 0.273 e. The summed E-state index contributed by atoms with van der Waals surface area (Å²) in [4.78, 5) is 17.9. The third-order valence-electron chi connectivity index (χ3n) is 3.94. The summed E-state index contributed by atoms with van der Waals surface area (Å²) in [6.45, 7) is 7.94. The van der Waals surface area contributed by atoms with Crippen LogP contribution in [0.5, 0.6) is 0 Å². The zero-order valence-corrected chi connectivity index (χ0v) is 15.4. The van der Waals surface area contributed by atoms with Crippen molar-refractivity contribution in [2.24, 2.45) is 0 Å². The van der Waals surface area contributed by atoms with Crippen LogP contribution in [-0.2, 0) is 9.63 Å². The first kappa shape index (κ1) is 21.4. The summed E-state index contributed by atoms with van der Waals surface area (Å²) in [6.07, 6.45) is 15.1. The van der Waals surface area contributed by atoms with Crippen LogP contribution in [0.3, 0.4) is 0 Å². The van der Waals surface area contributed by atoms with Crippen LogP contribution in [0.1, 0.15) is 104 Å². The SMILES string of the molecule is CCCCCCCCCC(=O)N(CCC)OCCCCCC. The third-order valence-corrected chi connectivity index (χ3v) is 3.94. The molecule has 0 radical (unpaired) electrons. The van der Waals surface area contributed by atoms with Crippen molar-refractivity contribution in [1.29, 1.82) is 0 Å². The molecule has 0 aromatic heterocycles. The summed E-state index contributed by atoms with van der Waals surface area (Å²) in [5.41, 5.74) is 0. The van der Waals surface area contributed by atoms with Crippen LogP contribution in [-0.4, -0.2) is 24.1 Å². The molecule has 0 rings (SSSR count). The predicted octanol–water partition coefficient (Wildman–Crippen LogP) is 5.88. The molecule has 0 fully saturated rings. The molecule has 0 bridgehead atoms. The second-order valence-corrected chi connectivity index (χ2v) is 6.26. The maximum atomic E-state index is 12.2. The fourth-order valence-corrected chi connectivity index (χ4v) is 2.53. The number of amides is 1. The Morgan fingerprint density at radius 3 is 1.86 bits per heavy atom. The van der Waals surface area contributed by atoms with Gasteiger partial charge in [0, 0.05) is 13.0 Å². The van der Waals surface area contributed by atoms with Crippen LogP contribution in [0.25, 0.3) is 0 Å². The highest BCUT2D eigenvalue weighted by molar-refractivity contribution is 5.74. The van der Waals surface area contributed by atoms with E-state index in [4.69, 9.17) is 4.84 Å². The Hall–Kier alpha value is -0.570. The Morgan fingerprint density at radius 2 is 1.27 bits per heavy atom. The summed E-state index contributed by atoms with van der Waals surface area (Å²) in [5, 5.41) is 1.61. The fourth-order valence-electron chi connectivity index (χ4n) is 2.53. The van der Waals surface area contributed by atoms with E-state index in [1.54, 1.807) is 5.06 Å². The predicted molar refractivity (Wildman–Crippen MR) is 94.7 cm³/mol. The van der Waals surface area contributed by atoms with Gasteiger partial charge in [0.2, 0.25) is 5.91 Å². The van der Waals surface area contributed by atoms with Gasteiger partial charge in [0.25, 0.3) is 0 Å². The number of hydroxylamine groups is 2. The minimum atomic E-state index is 0.172. The van der Waals surface area contributed by atoms with Gasteiger partial charge in [-0.1, -0.05) is 78.6 Å². The van der Waals surface area contributed by atoms with Gasteiger partial charge in [-0.15, -0.1) is 0 Å². The first-order valence-electron chi connectivity index (χ1n) is 9.69. The molecule has 132 valence electrons. The quantitative estimate of drug-likeness (QED) is 0.263. The maximum Gasteiger partial charge on any atom is 0.246 e. The van der Waals surface area contributed by atoms with Crippen molar-refractivity contribution in [3.63, 3.8) is 0 Å². The van der Waals surface area contributed by atoms with Crippen molar-refractivity contribution in [2.75, 3.05) is 13.2 Å². The van der Waals surface area contributed by atoms with Crippen molar-refractivity contribution >= 4 is 5.91 Å². The first-order chi connectivity index (χ1) is 10.8. The average molecular weight is 314 g/mol. The lowest BCUT2D eigenvalue weighted by molar-refractivity contribution is -0.187. The molecule has 0 aromatic rings. The zero-order chi connectivity index (χ0) is 16.5. The van der Waals surface area contributed by atoms with E-state index < -0.39 is 0 Å². The molecule has 0 heterocycles. The Balaban J connectivity index is 3.70. The van der Waals surface area contributed by atoms with E-state index >= 15 is 0 Å². The number of unbranched alkanes of at least 4 members (excludes halogenated alkanes) is 9. The Morgan fingerprint density at radius 1 is 0.727 bits per heavy atom. The van der Waals surface area contributed by atoms with Crippen LogP contribution in [0.4, 0.5) is 0 Å². The Kier molecular flexibility index (Phi) is 16.4. The molecular weight excluding hydrogens is 274 g/mol. The van der Waals surface area contributed by atoms with Crippen LogP contribution in [0.2, 0.25) is 0 Å². The van der Waals surface area contributed by atoms with Gasteiger partial charge in [-0.3, -0.25) is 9.63 Å². The smallest absolute Gasteiger partial charge is 0.246 e. The lowest BCUT2D eigenvalue weighted by Crippen LogP contribution is -2.32. The number of hydrogen-bond acceptors (Lipinski definition) is 2. The molecule has 0 aliphatic carbocycles. The van der Waals surface area contributed by atoms with Gasteiger partial charge in [0.05, 0.1) is 6.61 Å². The van der Waals surface area contributed by atoms with Gasteiger partial charge in [0.1, 0.15) is 0 Å². The van der Waals surface area contributed by atoms with Crippen molar-refractivity contribution in [1.82, 2.24) is 5.06 Å². The van der Waals surface area contributed by atoms with Crippen LogP contribution in [0.15, 0.2) is 0 Å². The second kappa shape index (κ2) is 16.8. The summed E-state index contributed by atoms with van der Waals surface area (Å²) >= 11 is 0. The highest BCUT2D eigenvalue weighted by Gasteiger charge is 2.12. The number of carbonyl (C=O) groups excluding carboxylic acids is 1. The van der Waals surface area contributed by atoms with E-state index in [1.165, 1.54) is 57.8 Å². The minimum Gasteiger partial charge on any atom is -0.273 e. The molecule has 0 aliphatic heterocycles. The zero-order valence-electron chi connectivity index (χ0n) is 15.4. The summed E-state index contributed by atoms with van der Waals surface area (Å²) < 4.78 is 0. The monoisotopic (exact) mass is 313 g/mol. The molecule has 0 unspecified atom stereocenters. The highest BCUT2D eigenvalue weighted by atomic mass is 16.7. The van der Waals surface area contributed by atoms with E-state index in [2.05, 4.69) is 20.8 Å². The normalized spacial score (nSPS) is 10.9. The lowest BCUT2D eigenvalue weighted by atomic mass is 10.1.